The maximum absolute atomic E-state index is 13.7. The quantitative estimate of drug-likeness (QED) is 0.609. The van der Waals surface area contributed by atoms with Crippen LogP contribution in [-0.4, -0.2) is 27.3 Å². The van der Waals surface area contributed by atoms with Crippen molar-refractivity contribution in [3.8, 4) is 17.1 Å². The van der Waals surface area contributed by atoms with Crippen molar-refractivity contribution in [2.75, 3.05) is 6.61 Å². The van der Waals surface area contributed by atoms with Gasteiger partial charge in [-0.05, 0) is 53.2 Å². The minimum Gasteiger partial charge on any atom is -0.461 e. The summed E-state index contributed by atoms with van der Waals surface area (Å²) in [5.41, 5.74) is 0.715. The van der Waals surface area contributed by atoms with E-state index in [1.807, 2.05) is 0 Å². The molecule has 0 aliphatic carbocycles. The number of hydrogen-bond donors (Lipinski definition) is 0. The van der Waals surface area contributed by atoms with Crippen LogP contribution in [0.25, 0.3) is 17.1 Å². The molecular weight excluding hydrogens is 396 g/mol. The second-order valence-electron chi connectivity index (χ2n) is 4.96. The molecule has 0 radical (unpaired) electrons. The zero-order valence-corrected chi connectivity index (χ0v) is 14.6. The van der Waals surface area contributed by atoms with Crippen molar-refractivity contribution in [3.63, 3.8) is 0 Å². The van der Waals surface area contributed by atoms with Gasteiger partial charge in [0.15, 0.2) is 23.1 Å². The number of esters is 1. The molecule has 3 aromatic rings. The van der Waals surface area contributed by atoms with Gasteiger partial charge < -0.3 is 4.74 Å². The first-order chi connectivity index (χ1) is 12.0. The molecule has 25 heavy (non-hydrogen) atoms. The van der Waals surface area contributed by atoms with E-state index in [2.05, 4.69) is 26.0 Å². The summed E-state index contributed by atoms with van der Waals surface area (Å²) in [5, 5.41) is 4.24. The summed E-state index contributed by atoms with van der Waals surface area (Å²) in [6.07, 6.45) is 1.56. The lowest BCUT2D eigenvalue weighted by molar-refractivity contribution is 0.0518. The third-order valence-corrected chi connectivity index (χ3v) is 4.11. The third-order valence-electron chi connectivity index (χ3n) is 3.36. The van der Waals surface area contributed by atoms with Gasteiger partial charge in [-0.1, -0.05) is 6.07 Å². The molecule has 0 fully saturated rings. The predicted molar refractivity (Wildman–Crippen MR) is 90.4 cm³/mol. The van der Waals surface area contributed by atoms with Crippen LogP contribution in [0.3, 0.4) is 0 Å². The molecule has 1 aromatic carbocycles. The molecule has 0 N–H and O–H groups in total. The van der Waals surface area contributed by atoms with Gasteiger partial charge in [-0.3, -0.25) is 0 Å². The summed E-state index contributed by atoms with van der Waals surface area (Å²) >= 11 is 3.32. The van der Waals surface area contributed by atoms with Crippen LogP contribution in [0.15, 0.2) is 47.1 Å². The first-order valence-corrected chi connectivity index (χ1v) is 8.14. The Balaban J connectivity index is 2.24. The smallest absolute Gasteiger partial charge is 0.360 e. The summed E-state index contributed by atoms with van der Waals surface area (Å²) in [5.74, 6) is -2.18. The zero-order valence-electron chi connectivity index (χ0n) is 13.0. The number of aromatic nitrogens is 3. The lowest BCUT2D eigenvalue weighted by Gasteiger charge is -2.07. The molecule has 3 rings (SSSR count). The number of carbonyl (C=O) groups is 1. The van der Waals surface area contributed by atoms with E-state index in [0.29, 0.717) is 21.5 Å². The maximum atomic E-state index is 13.7. The number of hydrogen-bond acceptors (Lipinski definition) is 4. The van der Waals surface area contributed by atoms with E-state index < -0.39 is 17.6 Å². The van der Waals surface area contributed by atoms with Gasteiger partial charge in [-0.25, -0.2) is 23.2 Å². The van der Waals surface area contributed by atoms with Crippen molar-refractivity contribution >= 4 is 21.9 Å². The minimum atomic E-state index is -1.00. The van der Waals surface area contributed by atoms with E-state index in [0.717, 1.165) is 12.1 Å². The fourth-order valence-electron chi connectivity index (χ4n) is 2.27. The fourth-order valence-corrected chi connectivity index (χ4v) is 2.90. The fraction of sp³-hybridized carbons (Fsp3) is 0.118. The van der Waals surface area contributed by atoms with Gasteiger partial charge in [-0.2, -0.15) is 5.10 Å². The summed E-state index contributed by atoms with van der Waals surface area (Å²) in [6.45, 7) is 1.86. The Morgan fingerprint density at radius 1 is 1.24 bits per heavy atom. The number of nitrogens with zero attached hydrogens (tertiary/aromatic N) is 3. The number of benzene rings is 1. The van der Waals surface area contributed by atoms with Gasteiger partial charge in [0.25, 0.3) is 0 Å². The van der Waals surface area contributed by atoms with Gasteiger partial charge in [-0.15, -0.1) is 0 Å². The molecule has 2 aromatic heterocycles. The molecule has 5 nitrogen and oxygen atoms in total. The van der Waals surface area contributed by atoms with E-state index >= 15 is 0 Å². The second-order valence-corrected chi connectivity index (χ2v) is 5.75. The molecule has 0 aliphatic heterocycles. The molecule has 128 valence electrons. The van der Waals surface area contributed by atoms with E-state index in [-0.39, 0.29) is 12.3 Å². The highest BCUT2D eigenvalue weighted by molar-refractivity contribution is 9.10. The molecule has 0 amide bonds. The van der Waals surface area contributed by atoms with E-state index in [1.54, 1.807) is 31.3 Å². The topological polar surface area (TPSA) is 57.0 Å². The second kappa shape index (κ2) is 7.10. The Kier molecular flexibility index (Phi) is 4.89. The highest BCUT2D eigenvalue weighted by Gasteiger charge is 2.25. The van der Waals surface area contributed by atoms with Crippen LogP contribution < -0.4 is 0 Å². The largest absolute Gasteiger partial charge is 0.461 e. The van der Waals surface area contributed by atoms with E-state index in [9.17, 15) is 13.6 Å². The number of pyridine rings is 1. The maximum Gasteiger partial charge on any atom is 0.360 e. The van der Waals surface area contributed by atoms with Crippen LogP contribution in [0, 0.1) is 11.6 Å². The summed E-state index contributed by atoms with van der Waals surface area (Å²) in [6, 6.07) is 8.59. The SMILES string of the molecule is CCOC(=O)c1nn(-c2ccccn2)c(-c2ccc(F)c(F)c2)c1Br. The third kappa shape index (κ3) is 3.30. The molecule has 0 spiro atoms. The zero-order chi connectivity index (χ0) is 18.0. The summed E-state index contributed by atoms with van der Waals surface area (Å²) in [4.78, 5) is 16.3. The lowest BCUT2D eigenvalue weighted by Crippen LogP contribution is -2.07. The van der Waals surface area contributed by atoms with Gasteiger partial charge in [0.05, 0.1) is 16.8 Å². The van der Waals surface area contributed by atoms with Crippen LogP contribution >= 0.6 is 15.9 Å². The number of ether oxygens (including phenoxy) is 1. The van der Waals surface area contributed by atoms with E-state index in [1.165, 1.54) is 10.7 Å². The van der Waals surface area contributed by atoms with E-state index in [4.69, 9.17) is 4.74 Å². The average molecular weight is 408 g/mol. The predicted octanol–water partition coefficient (Wildman–Crippen LogP) is 4.15. The average Bonchev–Trinajstić information content (AvgIpc) is 2.96. The van der Waals surface area contributed by atoms with Crippen LogP contribution in [0.2, 0.25) is 0 Å². The summed E-state index contributed by atoms with van der Waals surface area (Å²) < 4.78 is 33.6. The molecule has 0 unspecified atom stereocenters. The molecule has 2 heterocycles. The minimum absolute atomic E-state index is 0.0206. The Hall–Kier alpha value is -2.61. The van der Waals surface area contributed by atoms with Crippen LogP contribution in [-0.2, 0) is 4.74 Å². The van der Waals surface area contributed by atoms with Crippen molar-refractivity contribution in [3.05, 3.63) is 64.4 Å². The van der Waals surface area contributed by atoms with Gasteiger partial charge in [0.1, 0.15) is 0 Å². The molecular formula is C17H12BrF2N3O2. The monoisotopic (exact) mass is 407 g/mol. The molecule has 0 saturated heterocycles. The van der Waals surface area contributed by atoms with Crippen LogP contribution in [0.1, 0.15) is 17.4 Å². The standard InChI is InChI=1S/C17H12BrF2N3O2/c1-2-25-17(24)15-14(18)16(10-6-7-11(19)12(20)9-10)23(22-15)13-5-3-4-8-21-13/h3-9H,2H2,1H3. The molecule has 0 aliphatic rings. The van der Waals surface area contributed by atoms with Crippen molar-refractivity contribution in [1.29, 1.82) is 0 Å². The van der Waals surface area contributed by atoms with Crippen molar-refractivity contribution in [1.82, 2.24) is 14.8 Å². The summed E-state index contributed by atoms with van der Waals surface area (Å²) in [7, 11) is 0. The van der Waals surface area contributed by atoms with Crippen LogP contribution in [0.5, 0.6) is 0 Å². The molecule has 0 atom stereocenters. The number of halogens is 3. The molecule has 8 heteroatoms. The van der Waals surface area contributed by atoms with Crippen molar-refractivity contribution in [2.24, 2.45) is 0 Å². The van der Waals surface area contributed by atoms with Crippen LogP contribution in [0.4, 0.5) is 8.78 Å². The number of rotatable bonds is 4. The Morgan fingerprint density at radius 2 is 2.04 bits per heavy atom. The first-order valence-electron chi connectivity index (χ1n) is 7.35. The van der Waals surface area contributed by atoms with Crippen molar-refractivity contribution < 1.29 is 18.3 Å². The van der Waals surface area contributed by atoms with Gasteiger partial charge in [0.2, 0.25) is 0 Å². The van der Waals surface area contributed by atoms with Gasteiger partial charge in [0, 0.05) is 11.8 Å². The Morgan fingerprint density at radius 3 is 2.68 bits per heavy atom. The Labute approximate surface area is 150 Å². The Bertz CT molecular complexity index is 929. The lowest BCUT2D eigenvalue weighted by atomic mass is 10.1. The normalized spacial score (nSPS) is 10.7. The van der Waals surface area contributed by atoms with Crippen molar-refractivity contribution in [2.45, 2.75) is 6.92 Å². The first kappa shape index (κ1) is 17.2. The molecule has 0 bridgehead atoms. The number of carbonyl (C=O) groups excluding carboxylic acids is 1. The highest BCUT2D eigenvalue weighted by atomic mass is 79.9. The molecule has 0 saturated carbocycles. The van der Waals surface area contributed by atoms with Gasteiger partial charge >= 0.3 is 5.97 Å². The highest BCUT2D eigenvalue weighted by Crippen LogP contribution is 2.34.